The quantitative estimate of drug-likeness (QED) is 0.373. The van der Waals surface area contributed by atoms with Crippen LogP contribution in [0.25, 0.3) is 17.0 Å². The number of carbonyl (C=O) groups excluding carboxylic acids is 4. The number of rotatable bonds is 5. The first-order valence-electron chi connectivity index (χ1n) is 19.2. The summed E-state index contributed by atoms with van der Waals surface area (Å²) in [7, 11) is -0.824. The van der Waals surface area contributed by atoms with Crippen molar-refractivity contribution in [3.05, 3.63) is 42.0 Å². The van der Waals surface area contributed by atoms with E-state index in [1.54, 1.807) is 19.2 Å². The summed E-state index contributed by atoms with van der Waals surface area (Å²) in [6.07, 6.45) is 12.9. The van der Waals surface area contributed by atoms with Crippen LogP contribution in [0.1, 0.15) is 82.6 Å². The molecule has 2 aliphatic carbocycles. The number of alkyl carbamates (subject to hydrolysis) is 1. The number of carbonyl (C=O) groups is 4. The Balaban J connectivity index is 1.26. The van der Waals surface area contributed by atoms with E-state index >= 15 is 0 Å². The molecule has 1 aromatic heterocycles. The van der Waals surface area contributed by atoms with Crippen molar-refractivity contribution in [3.63, 3.8) is 0 Å². The molecule has 5 atom stereocenters. The lowest BCUT2D eigenvalue weighted by Gasteiger charge is -2.29. The van der Waals surface area contributed by atoms with Gasteiger partial charge in [0.15, 0.2) is 0 Å². The smallest absolute Gasteiger partial charge is 0.407 e. The van der Waals surface area contributed by atoms with Gasteiger partial charge in [-0.15, -0.1) is 0 Å². The van der Waals surface area contributed by atoms with Gasteiger partial charge in [-0.2, -0.15) is 0 Å². The molecule has 296 valence electrons. The maximum Gasteiger partial charge on any atom is 0.407 e. The molecule has 1 saturated heterocycles. The number of ether oxygens (including phenoxy) is 4. The minimum absolute atomic E-state index is 0.0161. The highest BCUT2D eigenvalue weighted by Gasteiger charge is 2.62. The van der Waals surface area contributed by atoms with Crippen molar-refractivity contribution in [2.75, 3.05) is 27.4 Å². The topological polar surface area (TPSA) is 192 Å². The minimum Gasteiger partial charge on any atom is -0.496 e. The fourth-order valence-corrected chi connectivity index (χ4v) is 9.04. The highest BCUT2D eigenvalue weighted by molar-refractivity contribution is 7.91. The number of nitrogens with one attached hydrogen (secondary N) is 3. The largest absolute Gasteiger partial charge is 0.496 e. The molecular weight excluding hydrogens is 731 g/mol. The van der Waals surface area contributed by atoms with E-state index in [4.69, 9.17) is 18.9 Å². The van der Waals surface area contributed by atoms with E-state index in [-0.39, 0.29) is 31.9 Å². The summed E-state index contributed by atoms with van der Waals surface area (Å²) in [5.74, 6) is -1.02. The zero-order valence-electron chi connectivity index (χ0n) is 31.2. The van der Waals surface area contributed by atoms with E-state index in [9.17, 15) is 27.6 Å². The second kappa shape index (κ2) is 16.1. The highest BCUT2D eigenvalue weighted by Crippen LogP contribution is 2.46. The molecule has 2 aromatic rings. The average molecular weight is 780 g/mol. The molecule has 15 nitrogen and oxygen atoms in total. The van der Waals surface area contributed by atoms with Crippen molar-refractivity contribution in [2.24, 2.45) is 5.92 Å². The van der Waals surface area contributed by atoms with Gasteiger partial charge < -0.3 is 34.5 Å². The number of cyclic esters (lactones) is 1. The van der Waals surface area contributed by atoms with Crippen molar-refractivity contribution in [3.8, 4) is 17.4 Å². The number of sulfonamides is 1. The summed E-state index contributed by atoms with van der Waals surface area (Å²) in [5, 5.41) is 5.69. The lowest BCUT2D eigenvalue weighted by molar-refractivity contribution is -0.141. The van der Waals surface area contributed by atoms with Crippen LogP contribution in [-0.4, -0.2) is 98.5 Å². The first kappa shape index (κ1) is 38.4. The van der Waals surface area contributed by atoms with Gasteiger partial charge in [-0.05, 0) is 63.9 Å². The second-order valence-electron chi connectivity index (χ2n) is 15.0. The number of benzene rings is 1. The predicted molar refractivity (Wildman–Crippen MR) is 202 cm³/mol. The molecule has 55 heavy (non-hydrogen) atoms. The molecule has 7 rings (SSSR count). The Bertz CT molecular complexity index is 2000. The van der Waals surface area contributed by atoms with E-state index in [1.165, 1.54) is 12.0 Å². The Morgan fingerprint density at radius 3 is 2.58 bits per heavy atom. The van der Waals surface area contributed by atoms with Crippen molar-refractivity contribution in [1.82, 2.24) is 25.2 Å². The zero-order valence-corrected chi connectivity index (χ0v) is 32.0. The van der Waals surface area contributed by atoms with Crippen LogP contribution in [0.4, 0.5) is 4.79 Å². The molecule has 4 amide bonds. The van der Waals surface area contributed by atoms with Gasteiger partial charge in [-0.1, -0.05) is 37.1 Å². The van der Waals surface area contributed by atoms with Gasteiger partial charge in [-0.3, -0.25) is 19.1 Å². The molecule has 2 saturated carbocycles. The standard InChI is InChI=1S/C39H49N5O10S/c1-51-32-20-30-28-18-24(32)12-8-6-7-11-17-53-38(48)41-29-14-10-5-3-4-9-13-25-22-39(25,37(47)43-55(49,50)27-15-16-27)42-35(45)31-19-26(23-44(31)36(29)46)54-33(28)21-34(40-30)52-2/h8-9,12-13,18,20-21,25-27,29,31H,3-7,10-11,14-17,19,22-23H2,1-2H3,(H,41,48)(H,42,45)(H,43,47)/b12-8+,13-9-/t25-,26-,29+,31+,39-/m1/s1. The van der Waals surface area contributed by atoms with E-state index < -0.39 is 68.7 Å². The number of nitrogens with zero attached hydrogens (tertiary/aromatic N) is 2. The molecule has 3 N–H and O–H groups in total. The number of fused-ring (bicyclic) bond motifs is 4. The molecule has 0 unspecified atom stereocenters. The second-order valence-corrected chi connectivity index (χ2v) is 17.0. The highest BCUT2D eigenvalue weighted by atomic mass is 32.2. The van der Waals surface area contributed by atoms with Gasteiger partial charge >= 0.3 is 6.09 Å². The van der Waals surface area contributed by atoms with Gasteiger partial charge in [0.25, 0.3) is 5.91 Å². The molecule has 1 aromatic carbocycles. The third kappa shape index (κ3) is 8.53. The molecule has 5 aliphatic rings. The third-order valence-corrected chi connectivity index (χ3v) is 12.9. The van der Waals surface area contributed by atoms with Crippen LogP contribution in [0.3, 0.4) is 0 Å². The third-order valence-electron chi connectivity index (χ3n) is 11.0. The van der Waals surface area contributed by atoms with Crippen LogP contribution in [0.2, 0.25) is 0 Å². The fraction of sp³-hybridized carbons (Fsp3) is 0.564. The Labute approximate surface area is 320 Å². The number of hydrogen-bond donors (Lipinski definition) is 3. The van der Waals surface area contributed by atoms with Gasteiger partial charge in [-0.25, -0.2) is 18.2 Å². The summed E-state index contributed by atoms with van der Waals surface area (Å²) in [4.78, 5) is 61.8. The number of pyridine rings is 1. The molecule has 3 aliphatic heterocycles. The van der Waals surface area contributed by atoms with Crippen LogP contribution in [0.5, 0.6) is 17.4 Å². The number of allylic oxidation sites excluding steroid dienone is 2. The molecular formula is C39H49N5O10S. The van der Waals surface area contributed by atoms with Crippen molar-refractivity contribution in [2.45, 2.75) is 106 Å². The van der Waals surface area contributed by atoms with Crippen LogP contribution < -0.4 is 29.6 Å². The lowest BCUT2D eigenvalue weighted by atomic mass is 10.0. The number of aromatic nitrogens is 1. The van der Waals surface area contributed by atoms with Crippen LogP contribution in [0.15, 0.2) is 36.4 Å². The van der Waals surface area contributed by atoms with E-state index in [0.717, 1.165) is 31.2 Å². The lowest BCUT2D eigenvalue weighted by Crippen LogP contribution is -2.58. The summed E-state index contributed by atoms with van der Waals surface area (Å²) >= 11 is 0. The monoisotopic (exact) mass is 779 g/mol. The van der Waals surface area contributed by atoms with Gasteiger partial charge in [0.05, 0.1) is 38.1 Å². The zero-order chi connectivity index (χ0) is 38.7. The van der Waals surface area contributed by atoms with Crippen molar-refractivity contribution >= 4 is 50.8 Å². The van der Waals surface area contributed by atoms with E-state index in [0.29, 0.717) is 60.9 Å². The van der Waals surface area contributed by atoms with E-state index in [2.05, 4.69) is 20.3 Å². The van der Waals surface area contributed by atoms with Gasteiger partial charge in [0.2, 0.25) is 27.7 Å². The summed E-state index contributed by atoms with van der Waals surface area (Å²) < 4.78 is 51.3. The molecule has 16 heteroatoms. The number of amides is 4. The normalized spacial score (nSPS) is 29.1. The van der Waals surface area contributed by atoms with Crippen molar-refractivity contribution in [1.29, 1.82) is 0 Å². The fourth-order valence-electron chi connectivity index (χ4n) is 7.68. The maximum absolute atomic E-state index is 14.5. The first-order chi connectivity index (χ1) is 26.5. The molecule has 0 spiro atoms. The number of hydrogen-bond acceptors (Lipinski definition) is 11. The summed E-state index contributed by atoms with van der Waals surface area (Å²) in [6.45, 7) is 0.146. The number of methoxy groups -OCH3 is 2. The van der Waals surface area contributed by atoms with Crippen LogP contribution >= 0.6 is 0 Å². The van der Waals surface area contributed by atoms with Crippen molar-refractivity contribution < 1.29 is 46.5 Å². The Morgan fingerprint density at radius 2 is 1.80 bits per heavy atom. The summed E-state index contributed by atoms with van der Waals surface area (Å²) in [6, 6.07) is 3.26. The average Bonchev–Trinajstić information content (AvgIpc) is 4.09. The van der Waals surface area contributed by atoms with Gasteiger partial charge in [0, 0.05) is 35.4 Å². The Hall–Kier alpha value is -4.86. The first-order valence-corrected chi connectivity index (χ1v) is 20.7. The van der Waals surface area contributed by atoms with Crippen LogP contribution in [0, 0.1) is 5.92 Å². The Kier molecular flexibility index (Phi) is 11.2. The van der Waals surface area contributed by atoms with Gasteiger partial charge in [0.1, 0.15) is 35.2 Å². The van der Waals surface area contributed by atoms with Crippen LogP contribution in [-0.2, 0) is 29.1 Å². The minimum atomic E-state index is -3.90. The molecule has 5 bridgehead atoms. The van der Waals surface area contributed by atoms with E-state index in [1.807, 2.05) is 30.4 Å². The summed E-state index contributed by atoms with van der Waals surface area (Å²) in [5.41, 5.74) is -0.164. The molecule has 3 fully saturated rings. The predicted octanol–water partition coefficient (Wildman–Crippen LogP) is 3.90. The SMILES string of the molecule is COc1cc2c3cc(c(OC)cc3n1)/C=C/CCCCOC(=O)N[C@H]1CCCCC/C=C\[C@@H]3C[C@@]3(C(=O)NS(=O)(=O)C3CC3)NC(=O)[C@@H]3C[C@H](CN3C1=O)O2. The molecule has 0 radical (unpaired) electrons. The molecule has 4 heterocycles. The maximum atomic E-state index is 14.5. The Morgan fingerprint density at radius 1 is 1.00 bits per heavy atom.